The number of aliphatic carboxylic acids is 1. The number of carboxylic acids is 1. The number of hydrogen-bond donors (Lipinski definition) is 1. The molecule has 2 rings (SSSR count). The zero-order valence-electron chi connectivity index (χ0n) is 9.79. The molecular formula is C10H11BrN4O2S. The van der Waals surface area contributed by atoms with E-state index in [-0.39, 0.29) is 6.54 Å². The van der Waals surface area contributed by atoms with Crippen molar-refractivity contribution in [2.24, 2.45) is 5.92 Å². The Hall–Kier alpha value is -1.28. The van der Waals surface area contributed by atoms with E-state index in [1.165, 1.54) is 16.0 Å². The molecule has 6 nitrogen and oxygen atoms in total. The maximum atomic E-state index is 10.8. The summed E-state index contributed by atoms with van der Waals surface area (Å²) in [6.45, 7) is 3.87. The van der Waals surface area contributed by atoms with Crippen molar-refractivity contribution in [1.82, 2.24) is 20.2 Å². The van der Waals surface area contributed by atoms with Crippen molar-refractivity contribution in [1.29, 1.82) is 0 Å². The molecule has 0 aliphatic heterocycles. The van der Waals surface area contributed by atoms with Crippen LogP contribution in [-0.2, 0) is 11.3 Å². The van der Waals surface area contributed by atoms with Gasteiger partial charge in [-0.3, -0.25) is 4.79 Å². The third kappa shape index (κ3) is 2.59. The summed E-state index contributed by atoms with van der Waals surface area (Å²) < 4.78 is 2.55. The van der Waals surface area contributed by atoms with Crippen LogP contribution in [0, 0.1) is 12.8 Å². The van der Waals surface area contributed by atoms with Gasteiger partial charge >= 0.3 is 5.97 Å². The average molecular weight is 331 g/mol. The predicted octanol–water partition coefficient (Wildman–Crippen LogP) is 2.19. The number of thiophene rings is 1. The smallest absolute Gasteiger partial charge is 0.308 e. The predicted molar refractivity (Wildman–Crippen MR) is 70.4 cm³/mol. The number of nitrogens with zero attached hydrogens (tertiary/aromatic N) is 4. The van der Waals surface area contributed by atoms with Crippen LogP contribution in [0.15, 0.2) is 9.85 Å². The lowest BCUT2D eigenvalue weighted by molar-refractivity contribution is -0.141. The molecular weight excluding hydrogens is 320 g/mol. The van der Waals surface area contributed by atoms with E-state index < -0.39 is 11.9 Å². The summed E-state index contributed by atoms with van der Waals surface area (Å²) in [6, 6.07) is 1.97. The minimum Gasteiger partial charge on any atom is -0.481 e. The first-order valence-electron chi connectivity index (χ1n) is 5.24. The van der Waals surface area contributed by atoms with Crippen LogP contribution in [-0.4, -0.2) is 31.3 Å². The number of rotatable bonds is 4. The molecule has 0 saturated heterocycles. The summed E-state index contributed by atoms with van der Waals surface area (Å²) in [5, 5.41) is 20.3. The zero-order valence-corrected chi connectivity index (χ0v) is 12.2. The van der Waals surface area contributed by atoms with Gasteiger partial charge in [-0.1, -0.05) is 6.92 Å². The molecule has 2 heterocycles. The van der Waals surface area contributed by atoms with Crippen LogP contribution >= 0.6 is 27.3 Å². The number of hydrogen-bond acceptors (Lipinski definition) is 5. The van der Waals surface area contributed by atoms with Gasteiger partial charge in [-0.25, -0.2) is 4.68 Å². The Morgan fingerprint density at radius 1 is 1.67 bits per heavy atom. The summed E-state index contributed by atoms with van der Waals surface area (Å²) in [6.07, 6.45) is 0. The first-order valence-corrected chi connectivity index (χ1v) is 6.85. The van der Waals surface area contributed by atoms with Crippen LogP contribution in [0.25, 0.3) is 10.7 Å². The van der Waals surface area contributed by atoms with Crippen LogP contribution < -0.4 is 0 Å². The van der Waals surface area contributed by atoms with E-state index in [1.54, 1.807) is 6.92 Å². The van der Waals surface area contributed by atoms with Crippen molar-refractivity contribution in [3.05, 3.63) is 15.4 Å². The highest BCUT2D eigenvalue weighted by Gasteiger charge is 2.18. The lowest BCUT2D eigenvalue weighted by atomic mass is 10.2. The second-order valence-electron chi connectivity index (χ2n) is 3.99. The van der Waals surface area contributed by atoms with Crippen LogP contribution in [0.4, 0.5) is 0 Å². The molecule has 2 aromatic heterocycles. The first kappa shape index (κ1) is 13.2. The number of aryl methyl sites for hydroxylation is 1. The van der Waals surface area contributed by atoms with Crippen molar-refractivity contribution in [2.45, 2.75) is 20.4 Å². The Kier molecular flexibility index (Phi) is 3.76. The molecule has 8 heteroatoms. The van der Waals surface area contributed by atoms with Gasteiger partial charge in [0.2, 0.25) is 0 Å². The van der Waals surface area contributed by atoms with Gasteiger partial charge in [0.05, 0.1) is 21.1 Å². The molecule has 2 aromatic rings. The van der Waals surface area contributed by atoms with E-state index in [4.69, 9.17) is 5.11 Å². The second-order valence-corrected chi connectivity index (χ2v) is 6.36. The minimum atomic E-state index is -0.861. The molecule has 0 aliphatic rings. The van der Waals surface area contributed by atoms with Crippen LogP contribution in [0.3, 0.4) is 0 Å². The molecule has 1 atom stereocenters. The van der Waals surface area contributed by atoms with Gasteiger partial charge in [0.25, 0.3) is 0 Å². The van der Waals surface area contributed by atoms with Crippen LogP contribution in [0.2, 0.25) is 0 Å². The maximum Gasteiger partial charge on any atom is 0.308 e. The van der Waals surface area contributed by atoms with Gasteiger partial charge in [-0.2, -0.15) is 0 Å². The molecule has 0 bridgehead atoms. The highest BCUT2D eigenvalue weighted by molar-refractivity contribution is 9.11. The molecule has 0 radical (unpaired) electrons. The first-order chi connectivity index (χ1) is 8.49. The normalized spacial score (nSPS) is 12.6. The summed E-state index contributed by atoms with van der Waals surface area (Å²) in [7, 11) is 0. The topological polar surface area (TPSA) is 80.9 Å². The van der Waals surface area contributed by atoms with E-state index in [9.17, 15) is 4.79 Å². The third-order valence-corrected chi connectivity index (χ3v) is 4.61. The van der Waals surface area contributed by atoms with E-state index in [0.29, 0.717) is 5.82 Å². The van der Waals surface area contributed by atoms with Gasteiger partial charge in [-0.05, 0) is 44.9 Å². The van der Waals surface area contributed by atoms with Crippen molar-refractivity contribution >= 4 is 33.2 Å². The van der Waals surface area contributed by atoms with E-state index in [1.807, 2.05) is 13.0 Å². The number of tetrazole rings is 1. The second kappa shape index (κ2) is 5.15. The SMILES string of the molecule is Cc1cc(-c2nnnn2CC(C)C(=O)O)sc1Br. The molecule has 18 heavy (non-hydrogen) atoms. The average Bonchev–Trinajstić information content (AvgIpc) is 2.86. The Morgan fingerprint density at radius 2 is 2.39 bits per heavy atom. The fourth-order valence-electron chi connectivity index (χ4n) is 1.41. The number of carbonyl (C=O) groups is 1. The zero-order chi connectivity index (χ0) is 13.3. The van der Waals surface area contributed by atoms with Crippen LogP contribution in [0.1, 0.15) is 12.5 Å². The standard InChI is InChI=1S/C10H11BrN4O2S/c1-5-3-7(18-8(5)11)9-12-13-14-15(9)4-6(2)10(16)17/h3,6H,4H2,1-2H3,(H,16,17). The summed E-state index contributed by atoms with van der Waals surface area (Å²) in [5.41, 5.74) is 1.11. The molecule has 96 valence electrons. The molecule has 0 aromatic carbocycles. The molecule has 0 aliphatic carbocycles. The minimum absolute atomic E-state index is 0.256. The quantitative estimate of drug-likeness (QED) is 0.929. The van der Waals surface area contributed by atoms with Gasteiger partial charge < -0.3 is 5.11 Å². The van der Waals surface area contributed by atoms with Crippen molar-refractivity contribution in [3.8, 4) is 10.7 Å². The van der Waals surface area contributed by atoms with Gasteiger partial charge in [-0.15, -0.1) is 16.4 Å². The summed E-state index contributed by atoms with van der Waals surface area (Å²) >= 11 is 4.97. The van der Waals surface area contributed by atoms with Crippen molar-refractivity contribution < 1.29 is 9.90 Å². The molecule has 0 amide bonds. The molecule has 1 unspecified atom stereocenters. The molecule has 0 fully saturated rings. The molecule has 0 saturated carbocycles. The Balaban J connectivity index is 2.30. The molecule has 0 spiro atoms. The van der Waals surface area contributed by atoms with Gasteiger partial charge in [0, 0.05) is 0 Å². The summed E-state index contributed by atoms with van der Waals surface area (Å²) in [4.78, 5) is 11.8. The lowest BCUT2D eigenvalue weighted by Gasteiger charge is -2.06. The monoisotopic (exact) mass is 330 g/mol. The largest absolute Gasteiger partial charge is 0.481 e. The fraction of sp³-hybridized carbons (Fsp3) is 0.400. The van der Waals surface area contributed by atoms with Gasteiger partial charge in [0.1, 0.15) is 0 Å². The van der Waals surface area contributed by atoms with E-state index >= 15 is 0 Å². The van der Waals surface area contributed by atoms with E-state index in [0.717, 1.165) is 14.2 Å². The highest BCUT2D eigenvalue weighted by Crippen LogP contribution is 2.33. The number of aromatic nitrogens is 4. The van der Waals surface area contributed by atoms with Crippen molar-refractivity contribution in [2.75, 3.05) is 0 Å². The summed E-state index contributed by atoms with van der Waals surface area (Å²) in [5.74, 6) is -0.793. The van der Waals surface area contributed by atoms with Crippen LogP contribution in [0.5, 0.6) is 0 Å². The van der Waals surface area contributed by atoms with E-state index in [2.05, 4.69) is 31.5 Å². The number of carboxylic acid groups (broad SMARTS) is 1. The van der Waals surface area contributed by atoms with Gasteiger partial charge in [0.15, 0.2) is 5.82 Å². The molecule has 1 N–H and O–H groups in total. The Morgan fingerprint density at radius 3 is 2.94 bits per heavy atom. The highest BCUT2D eigenvalue weighted by atomic mass is 79.9. The lowest BCUT2D eigenvalue weighted by Crippen LogP contribution is -2.18. The van der Waals surface area contributed by atoms with Crippen molar-refractivity contribution in [3.63, 3.8) is 0 Å². The Labute approximate surface area is 116 Å². The fourth-order valence-corrected chi connectivity index (χ4v) is 2.94. The maximum absolute atomic E-state index is 10.8. The number of halogens is 1. The Bertz CT molecular complexity index is 561. The third-order valence-electron chi connectivity index (χ3n) is 2.48.